The maximum atomic E-state index is 13.7. The summed E-state index contributed by atoms with van der Waals surface area (Å²) in [5, 5.41) is 9.22. The lowest BCUT2D eigenvalue weighted by Crippen LogP contribution is -2.03. The van der Waals surface area contributed by atoms with E-state index in [1.165, 1.54) is 25.3 Å². The zero-order valence-corrected chi connectivity index (χ0v) is 10.9. The molecule has 0 saturated heterocycles. The van der Waals surface area contributed by atoms with E-state index in [1.54, 1.807) is 24.3 Å². The molecule has 0 amide bonds. The second kappa shape index (κ2) is 6.16. The van der Waals surface area contributed by atoms with Gasteiger partial charge in [0, 0.05) is 0 Å². The Morgan fingerprint density at radius 2 is 1.90 bits per heavy atom. The van der Waals surface area contributed by atoms with Crippen molar-refractivity contribution in [2.24, 2.45) is 0 Å². The second-order valence-electron chi connectivity index (χ2n) is 4.37. The Labute approximate surface area is 116 Å². The maximum absolute atomic E-state index is 13.7. The molecule has 2 nitrogen and oxygen atoms in total. The van der Waals surface area contributed by atoms with Crippen LogP contribution in [-0.4, -0.2) is 7.11 Å². The number of halogens is 2. The number of hydrogen-bond acceptors (Lipinski definition) is 2. The van der Waals surface area contributed by atoms with Crippen molar-refractivity contribution < 1.29 is 13.5 Å². The van der Waals surface area contributed by atoms with Gasteiger partial charge >= 0.3 is 0 Å². The van der Waals surface area contributed by atoms with Gasteiger partial charge in [-0.05, 0) is 35.7 Å². The van der Waals surface area contributed by atoms with Gasteiger partial charge in [-0.25, -0.2) is 8.78 Å². The first-order valence-corrected chi connectivity index (χ1v) is 6.12. The van der Waals surface area contributed by atoms with Gasteiger partial charge in [0.05, 0.1) is 19.1 Å². The smallest absolute Gasteiger partial charge is 0.165 e. The molecule has 20 heavy (non-hydrogen) atoms. The van der Waals surface area contributed by atoms with Gasteiger partial charge in [0.2, 0.25) is 0 Å². The molecule has 2 aromatic carbocycles. The Hall–Kier alpha value is -2.41. The van der Waals surface area contributed by atoms with Gasteiger partial charge in [-0.2, -0.15) is 5.26 Å². The summed E-state index contributed by atoms with van der Waals surface area (Å²) in [5.74, 6) is -1.37. The van der Waals surface area contributed by atoms with Gasteiger partial charge in [0.25, 0.3) is 0 Å². The average molecular weight is 273 g/mol. The predicted molar refractivity (Wildman–Crippen MR) is 71.4 cm³/mol. The number of rotatable bonds is 4. The average Bonchev–Trinajstić information content (AvgIpc) is 2.46. The number of nitrogens with zero attached hydrogens (tertiary/aromatic N) is 1. The number of methoxy groups -OCH3 is 1. The quantitative estimate of drug-likeness (QED) is 0.848. The molecule has 1 atom stereocenters. The van der Waals surface area contributed by atoms with Gasteiger partial charge < -0.3 is 4.74 Å². The van der Waals surface area contributed by atoms with E-state index >= 15 is 0 Å². The van der Waals surface area contributed by atoms with Crippen LogP contribution in [0, 0.1) is 23.0 Å². The first-order valence-electron chi connectivity index (χ1n) is 6.12. The molecule has 0 spiro atoms. The standard InChI is InChI=1S/C16H13F2NO/c1-20-16-7-6-11(9-15(16)18)13(10-19)8-12-4-2-3-5-14(12)17/h2-7,9,13H,8H2,1H3. The van der Waals surface area contributed by atoms with Crippen LogP contribution in [0.5, 0.6) is 5.75 Å². The SMILES string of the molecule is COc1ccc(C(C#N)Cc2ccccc2F)cc1F. The molecule has 2 aromatic rings. The monoisotopic (exact) mass is 273 g/mol. The maximum Gasteiger partial charge on any atom is 0.165 e. The first-order chi connectivity index (χ1) is 9.65. The zero-order valence-electron chi connectivity index (χ0n) is 10.9. The van der Waals surface area contributed by atoms with Crippen molar-refractivity contribution in [1.82, 2.24) is 0 Å². The molecule has 0 fully saturated rings. The number of nitriles is 1. The third-order valence-corrected chi connectivity index (χ3v) is 3.12. The van der Waals surface area contributed by atoms with E-state index in [4.69, 9.17) is 4.74 Å². The molecular formula is C16H13F2NO. The van der Waals surface area contributed by atoms with Crippen molar-refractivity contribution in [3.8, 4) is 11.8 Å². The fourth-order valence-corrected chi connectivity index (χ4v) is 2.02. The van der Waals surface area contributed by atoms with Crippen molar-refractivity contribution in [2.75, 3.05) is 7.11 Å². The first kappa shape index (κ1) is 14.0. The highest BCUT2D eigenvalue weighted by Crippen LogP contribution is 2.26. The lowest BCUT2D eigenvalue weighted by molar-refractivity contribution is 0.386. The van der Waals surface area contributed by atoms with Gasteiger partial charge in [-0.1, -0.05) is 24.3 Å². The minimum absolute atomic E-state index is 0.122. The van der Waals surface area contributed by atoms with Crippen molar-refractivity contribution in [3.05, 3.63) is 65.2 Å². The molecule has 0 radical (unpaired) electrons. The van der Waals surface area contributed by atoms with Crippen LogP contribution < -0.4 is 4.74 Å². The molecule has 0 aliphatic heterocycles. The highest BCUT2D eigenvalue weighted by molar-refractivity contribution is 5.35. The molecule has 4 heteroatoms. The third kappa shape index (κ3) is 2.94. The fourth-order valence-electron chi connectivity index (χ4n) is 2.02. The van der Waals surface area contributed by atoms with E-state index in [0.717, 1.165) is 0 Å². The molecule has 0 saturated carbocycles. The summed E-state index contributed by atoms with van der Waals surface area (Å²) >= 11 is 0. The minimum atomic E-state index is -0.604. The zero-order chi connectivity index (χ0) is 14.5. The van der Waals surface area contributed by atoms with Crippen LogP contribution in [0.3, 0.4) is 0 Å². The molecule has 0 heterocycles. The Balaban J connectivity index is 2.27. The molecule has 0 N–H and O–H groups in total. The molecule has 0 aliphatic rings. The van der Waals surface area contributed by atoms with E-state index in [1.807, 2.05) is 0 Å². The van der Waals surface area contributed by atoms with Crippen LogP contribution in [0.4, 0.5) is 8.78 Å². The van der Waals surface area contributed by atoms with Crippen LogP contribution in [0.1, 0.15) is 17.0 Å². The molecule has 1 unspecified atom stereocenters. The second-order valence-corrected chi connectivity index (χ2v) is 4.37. The number of ether oxygens (including phenoxy) is 1. The van der Waals surface area contributed by atoms with Crippen molar-refractivity contribution in [3.63, 3.8) is 0 Å². The van der Waals surface area contributed by atoms with Crippen molar-refractivity contribution in [1.29, 1.82) is 5.26 Å². The van der Waals surface area contributed by atoms with Crippen LogP contribution >= 0.6 is 0 Å². The van der Waals surface area contributed by atoms with Crippen LogP contribution in [-0.2, 0) is 6.42 Å². The van der Waals surface area contributed by atoms with E-state index in [0.29, 0.717) is 11.1 Å². The Morgan fingerprint density at radius 1 is 1.15 bits per heavy atom. The molecule has 102 valence electrons. The summed E-state index contributed by atoms with van der Waals surface area (Å²) in [6, 6.07) is 12.7. The number of benzene rings is 2. The van der Waals surface area contributed by atoms with Crippen LogP contribution in [0.25, 0.3) is 0 Å². The van der Waals surface area contributed by atoms with E-state index in [9.17, 15) is 14.0 Å². The molecular weight excluding hydrogens is 260 g/mol. The molecule has 0 aliphatic carbocycles. The van der Waals surface area contributed by atoms with Crippen molar-refractivity contribution in [2.45, 2.75) is 12.3 Å². The van der Waals surface area contributed by atoms with Crippen LogP contribution in [0.2, 0.25) is 0 Å². The summed E-state index contributed by atoms with van der Waals surface area (Å²) in [6.07, 6.45) is 0.203. The lowest BCUT2D eigenvalue weighted by Gasteiger charge is -2.11. The van der Waals surface area contributed by atoms with Gasteiger partial charge in [-0.3, -0.25) is 0 Å². The van der Waals surface area contributed by atoms with Crippen LogP contribution in [0.15, 0.2) is 42.5 Å². The Morgan fingerprint density at radius 3 is 2.50 bits per heavy atom. The summed E-state index contributed by atoms with van der Waals surface area (Å²) in [4.78, 5) is 0. The van der Waals surface area contributed by atoms with Gasteiger partial charge in [0.15, 0.2) is 11.6 Å². The summed E-state index contributed by atoms with van der Waals surface area (Å²) in [5.41, 5.74) is 0.948. The highest BCUT2D eigenvalue weighted by Gasteiger charge is 2.16. The molecule has 0 bridgehead atoms. The normalized spacial score (nSPS) is 11.7. The summed E-state index contributed by atoms with van der Waals surface area (Å²) in [6.45, 7) is 0. The number of hydrogen-bond donors (Lipinski definition) is 0. The van der Waals surface area contributed by atoms with Crippen molar-refractivity contribution >= 4 is 0 Å². The van der Waals surface area contributed by atoms with E-state index < -0.39 is 11.7 Å². The third-order valence-electron chi connectivity index (χ3n) is 3.12. The Kier molecular flexibility index (Phi) is 4.31. The molecule has 0 aromatic heterocycles. The fraction of sp³-hybridized carbons (Fsp3) is 0.188. The van der Waals surface area contributed by atoms with E-state index in [-0.39, 0.29) is 18.0 Å². The summed E-state index contributed by atoms with van der Waals surface area (Å²) < 4.78 is 32.1. The highest BCUT2D eigenvalue weighted by atomic mass is 19.1. The van der Waals surface area contributed by atoms with Gasteiger partial charge in [0.1, 0.15) is 5.82 Å². The van der Waals surface area contributed by atoms with Gasteiger partial charge in [-0.15, -0.1) is 0 Å². The topological polar surface area (TPSA) is 33.0 Å². The van der Waals surface area contributed by atoms with E-state index in [2.05, 4.69) is 6.07 Å². The lowest BCUT2D eigenvalue weighted by atomic mass is 9.93. The largest absolute Gasteiger partial charge is 0.494 e. The minimum Gasteiger partial charge on any atom is -0.494 e. The molecule has 2 rings (SSSR count). The Bertz CT molecular complexity index is 649. The summed E-state index contributed by atoms with van der Waals surface area (Å²) in [7, 11) is 1.37. The predicted octanol–water partition coefficient (Wildman–Crippen LogP) is 3.82.